The number of nitro groups is 1. The monoisotopic (exact) mass is 291 g/mol. The van der Waals surface area contributed by atoms with Gasteiger partial charge in [-0.3, -0.25) is 14.9 Å². The molecule has 1 amide bonds. The molecule has 0 aromatic heterocycles. The molecule has 21 heavy (non-hydrogen) atoms. The summed E-state index contributed by atoms with van der Waals surface area (Å²) in [7, 11) is 1.60. The highest BCUT2D eigenvalue weighted by molar-refractivity contribution is 5.95. The van der Waals surface area contributed by atoms with Gasteiger partial charge in [0.15, 0.2) is 0 Å². The van der Waals surface area contributed by atoms with Gasteiger partial charge in [0, 0.05) is 25.2 Å². The number of amides is 1. The number of nitrogens with one attached hydrogen (secondary N) is 2. The van der Waals surface area contributed by atoms with Gasteiger partial charge < -0.3 is 10.6 Å². The summed E-state index contributed by atoms with van der Waals surface area (Å²) in [4.78, 5) is 22.6. The van der Waals surface area contributed by atoms with Gasteiger partial charge in [0.05, 0.1) is 4.92 Å². The van der Waals surface area contributed by atoms with Crippen LogP contribution in [0.4, 0.5) is 11.4 Å². The van der Waals surface area contributed by atoms with Crippen molar-refractivity contribution in [2.75, 3.05) is 18.9 Å². The standard InChI is InChI=1S/C15H21N3O3/c1-3-15(7-4-8-15)10-17-14(19)11-5-6-13(18(20)21)12(9-11)16-2/h5-6,9,16H,3-4,7-8,10H2,1-2H3,(H,17,19). The summed E-state index contributed by atoms with van der Waals surface area (Å²) in [5.74, 6) is -0.180. The third-order valence-corrected chi connectivity index (χ3v) is 4.51. The van der Waals surface area contributed by atoms with Crippen molar-refractivity contribution in [2.24, 2.45) is 5.41 Å². The van der Waals surface area contributed by atoms with Gasteiger partial charge in [-0.25, -0.2) is 0 Å². The van der Waals surface area contributed by atoms with Crippen molar-refractivity contribution in [3.8, 4) is 0 Å². The summed E-state index contributed by atoms with van der Waals surface area (Å²) in [6.07, 6.45) is 4.61. The average Bonchev–Trinajstić information content (AvgIpc) is 2.45. The SMILES string of the molecule is CCC1(CNC(=O)c2ccc([N+](=O)[O-])c(NC)c2)CCC1. The zero-order valence-corrected chi connectivity index (χ0v) is 12.4. The normalized spacial score (nSPS) is 15.9. The van der Waals surface area contributed by atoms with Gasteiger partial charge in [0.2, 0.25) is 0 Å². The van der Waals surface area contributed by atoms with Crippen molar-refractivity contribution in [3.63, 3.8) is 0 Å². The lowest BCUT2D eigenvalue weighted by Crippen LogP contribution is -2.41. The second-order valence-corrected chi connectivity index (χ2v) is 5.63. The molecule has 114 valence electrons. The fourth-order valence-corrected chi connectivity index (χ4v) is 2.74. The van der Waals surface area contributed by atoms with Gasteiger partial charge in [-0.1, -0.05) is 13.3 Å². The first-order valence-electron chi connectivity index (χ1n) is 7.26. The summed E-state index contributed by atoms with van der Waals surface area (Å²) in [6, 6.07) is 4.38. The predicted octanol–water partition coefficient (Wildman–Crippen LogP) is 2.95. The molecule has 6 nitrogen and oxygen atoms in total. The van der Waals surface area contributed by atoms with Crippen LogP contribution < -0.4 is 10.6 Å². The van der Waals surface area contributed by atoms with Crippen molar-refractivity contribution >= 4 is 17.3 Å². The van der Waals surface area contributed by atoms with Crippen LogP contribution in [0.1, 0.15) is 43.0 Å². The van der Waals surface area contributed by atoms with Crippen molar-refractivity contribution < 1.29 is 9.72 Å². The van der Waals surface area contributed by atoms with Gasteiger partial charge in [-0.05, 0) is 36.8 Å². The van der Waals surface area contributed by atoms with Gasteiger partial charge in [-0.15, -0.1) is 0 Å². The Morgan fingerprint density at radius 2 is 2.14 bits per heavy atom. The molecule has 0 unspecified atom stereocenters. The Kier molecular flexibility index (Phi) is 4.45. The first-order valence-corrected chi connectivity index (χ1v) is 7.26. The number of anilines is 1. The van der Waals surface area contributed by atoms with Crippen LogP contribution in [0.3, 0.4) is 0 Å². The van der Waals surface area contributed by atoms with Gasteiger partial charge >= 0.3 is 0 Å². The van der Waals surface area contributed by atoms with Crippen LogP contribution in [0.15, 0.2) is 18.2 Å². The highest BCUT2D eigenvalue weighted by atomic mass is 16.6. The lowest BCUT2D eigenvalue weighted by Gasteiger charge is -2.41. The van der Waals surface area contributed by atoms with Gasteiger partial charge in [0.1, 0.15) is 5.69 Å². The van der Waals surface area contributed by atoms with Crippen LogP contribution in [0, 0.1) is 15.5 Å². The molecule has 1 aromatic rings. The zero-order valence-electron chi connectivity index (χ0n) is 12.4. The molecule has 2 N–H and O–H groups in total. The van der Waals surface area contributed by atoms with E-state index < -0.39 is 4.92 Å². The smallest absolute Gasteiger partial charge is 0.292 e. The van der Waals surface area contributed by atoms with Crippen molar-refractivity contribution in [3.05, 3.63) is 33.9 Å². The molecule has 1 aromatic carbocycles. The topological polar surface area (TPSA) is 84.3 Å². The Morgan fingerprint density at radius 1 is 1.43 bits per heavy atom. The van der Waals surface area contributed by atoms with E-state index in [1.165, 1.54) is 24.6 Å². The molecule has 0 bridgehead atoms. The van der Waals surface area contributed by atoms with Crippen LogP contribution in [-0.4, -0.2) is 24.4 Å². The summed E-state index contributed by atoms with van der Waals surface area (Å²) in [6.45, 7) is 2.82. The van der Waals surface area contributed by atoms with E-state index >= 15 is 0 Å². The zero-order chi connectivity index (χ0) is 15.5. The highest BCUT2D eigenvalue weighted by Crippen LogP contribution is 2.43. The maximum Gasteiger partial charge on any atom is 0.292 e. The van der Waals surface area contributed by atoms with Crippen LogP contribution in [-0.2, 0) is 0 Å². The Balaban J connectivity index is 2.07. The second kappa shape index (κ2) is 6.11. The second-order valence-electron chi connectivity index (χ2n) is 5.63. The summed E-state index contributed by atoms with van der Waals surface area (Å²) in [5.41, 5.74) is 1.01. The van der Waals surface area contributed by atoms with Crippen molar-refractivity contribution in [1.82, 2.24) is 5.32 Å². The molecule has 0 aliphatic heterocycles. The lowest BCUT2D eigenvalue weighted by atomic mass is 9.67. The van der Waals surface area contributed by atoms with E-state index in [9.17, 15) is 14.9 Å². The Bertz CT molecular complexity index is 548. The summed E-state index contributed by atoms with van der Waals surface area (Å²) < 4.78 is 0. The molecular weight excluding hydrogens is 270 g/mol. The van der Waals surface area contributed by atoms with Crippen LogP contribution in [0.5, 0.6) is 0 Å². The minimum Gasteiger partial charge on any atom is -0.383 e. The van der Waals surface area contributed by atoms with Gasteiger partial charge in [0.25, 0.3) is 11.6 Å². The summed E-state index contributed by atoms with van der Waals surface area (Å²) in [5, 5.41) is 16.6. The number of rotatable bonds is 6. The molecule has 6 heteroatoms. The minimum atomic E-state index is -0.464. The molecule has 1 aliphatic carbocycles. The van der Waals surface area contributed by atoms with E-state index in [0.717, 1.165) is 19.3 Å². The molecule has 0 atom stereocenters. The molecule has 0 radical (unpaired) electrons. The Hall–Kier alpha value is -2.11. The van der Waals surface area contributed by atoms with Crippen molar-refractivity contribution in [2.45, 2.75) is 32.6 Å². The third-order valence-electron chi connectivity index (χ3n) is 4.51. The predicted molar refractivity (Wildman–Crippen MR) is 81.6 cm³/mol. The maximum atomic E-state index is 12.2. The number of carbonyl (C=O) groups excluding carboxylic acids is 1. The van der Waals surface area contributed by atoms with Crippen LogP contribution in [0.2, 0.25) is 0 Å². The first-order chi connectivity index (χ1) is 10.0. The Labute approximate surface area is 124 Å². The molecule has 2 rings (SSSR count). The minimum absolute atomic E-state index is 0.0296. The molecule has 1 aliphatic rings. The highest BCUT2D eigenvalue weighted by Gasteiger charge is 2.35. The number of hydrogen-bond donors (Lipinski definition) is 2. The van der Waals surface area contributed by atoms with Crippen LogP contribution >= 0.6 is 0 Å². The maximum absolute atomic E-state index is 12.2. The number of nitro benzene ring substituents is 1. The number of nitrogens with zero attached hydrogens (tertiary/aromatic N) is 1. The third kappa shape index (κ3) is 3.15. The number of hydrogen-bond acceptors (Lipinski definition) is 4. The van der Waals surface area contributed by atoms with E-state index in [1.807, 2.05) is 0 Å². The van der Waals surface area contributed by atoms with Gasteiger partial charge in [-0.2, -0.15) is 0 Å². The molecule has 0 saturated heterocycles. The van der Waals surface area contributed by atoms with E-state index in [0.29, 0.717) is 17.8 Å². The largest absolute Gasteiger partial charge is 0.383 e. The lowest BCUT2D eigenvalue weighted by molar-refractivity contribution is -0.383. The average molecular weight is 291 g/mol. The number of benzene rings is 1. The molecule has 1 fully saturated rings. The fraction of sp³-hybridized carbons (Fsp3) is 0.533. The molecule has 1 saturated carbocycles. The quantitative estimate of drug-likeness (QED) is 0.623. The first kappa shape index (κ1) is 15.3. The van der Waals surface area contributed by atoms with E-state index in [2.05, 4.69) is 17.6 Å². The number of carbonyl (C=O) groups is 1. The fourth-order valence-electron chi connectivity index (χ4n) is 2.74. The molecule has 0 heterocycles. The van der Waals surface area contributed by atoms with Crippen LogP contribution in [0.25, 0.3) is 0 Å². The molecule has 0 spiro atoms. The van der Waals surface area contributed by atoms with Crippen molar-refractivity contribution in [1.29, 1.82) is 0 Å². The summed E-state index contributed by atoms with van der Waals surface area (Å²) >= 11 is 0. The van der Waals surface area contributed by atoms with E-state index in [1.54, 1.807) is 7.05 Å². The van der Waals surface area contributed by atoms with E-state index in [4.69, 9.17) is 0 Å². The Morgan fingerprint density at radius 3 is 2.62 bits per heavy atom. The van der Waals surface area contributed by atoms with E-state index in [-0.39, 0.29) is 17.0 Å². The molecular formula is C15H21N3O3.